The third-order valence-corrected chi connectivity index (χ3v) is 4.48. The average Bonchev–Trinajstić information content (AvgIpc) is 2.99. The van der Waals surface area contributed by atoms with Crippen LogP contribution in [-0.2, 0) is 0 Å². The summed E-state index contributed by atoms with van der Waals surface area (Å²) in [5.74, 6) is 0.322. The van der Waals surface area contributed by atoms with Gasteiger partial charge in [0.2, 0.25) is 17.5 Å². The molecule has 0 saturated carbocycles. The first kappa shape index (κ1) is 16.4. The zero-order valence-corrected chi connectivity index (χ0v) is 14.7. The number of ether oxygens (including phenoxy) is 1. The highest BCUT2D eigenvalue weighted by atomic mass is 19.1. The molecule has 1 atom stereocenters. The number of pyridine rings is 1. The highest BCUT2D eigenvalue weighted by Crippen LogP contribution is 2.37. The summed E-state index contributed by atoms with van der Waals surface area (Å²) >= 11 is 0. The van der Waals surface area contributed by atoms with Crippen molar-refractivity contribution in [3.8, 4) is 11.8 Å². The molecule has 0 saturated heterocycles. The van der Waals surface area contributed by atoms with E-state index in [1.807, 2.05) is 13.0 Å². The Balaban J connectivity index is 1.62. The van der Waals surface area contributed by atoms with Crippen molar-refractivity contribution >= 4 is 33.5 Å². The minimum absolute atomic E-state index is 0.0217. The molecule has 0 unspecified atom stereocenters. The number of hydrogen-bond donors (Lipinski definition) is 2. The van der Waals surface area contributed by atoms with Crippen molar-refractivity contribution < 1.29 is 18.3 Å². The highest BCUT2D eigenvalue weighted by molar-refractivity contribution is 6.16. The number of hydrogen-bond acceptors (Lipinski definition) is 7. The summed E-state index contributed by atoms with van der Waals surface area (Å²) in [6.07, 6.45) is 0.389. The van der Waals surface area contributed by atoms with Crippen molar-refractivity contribution in [2.75, 3.05) is 11.9 Å². The van der Waals surface area contributed by atoms with Gasteiger partial charge < -0.3 is 19.8 Å². The minimum Gasteiger partial charge on any atom is -0.449 e. The molecule has 1 aromatic carbocycles. The number of anilines is 1. The lowest BCUT2D eigenvalue weighted by atomic mass is 10.1. The molecule has 0 aliphatic carbocycles. The Labute approximate surface area is 157 Å². The van der Waals surface area contributed by atoms with Gasteiger partial charge in [0, 0.05) is 36.3 Å². The third kappa shape index (κ3) is 2.68. The van der Waals surface area contributed by atoms with Crippen LogP contribution in [0.3, 0.4) is 0 Å². The Kier molecular flexibility index (Phi) is 3.61. The van der Waals surface area contributed by atoms with Crippen molar-refractivity contribution in [1.82, 2.24) is 20.3 Å². The molecule has 140 valence electrons. The number of nitrogens with one attached hydrogen (secondary N) is 2. The van der Waals surface area contributed by atoms with Gasteiger partial charge in [0.05, 0.1) is 16.6 Å². The van der Waals surface area contributed by atoms with E-state index >= 15 is 0 Å². The lowest BCUT2D eigenvalue weighted by molar-refractivity contribution is 0.0920. The molecule has 1 amide bonds. The normalized spacial score (nSPS) is 16.4. The molecule has 0 bridgehead atoms. The smallest absolute Gasteiger partial charge is 0.311 e. The monoisotopic (exact) mass is 379 g/mol. The van der Waals surface area contributed by atoms with Crippen LogP contribution in [0, 0.1) is 6.08 Å². The van der Waals surface area contributed by atoms with Crippen LogP contribution in [0.25, 0.3) is 21.9 Å². The summed E-state index contributed by atoms with van der Waals surface area (Å²) in [7, 11) is 0. The summed E-state index contributed by atoms with van der Waals surface area (Å²) in [6, 6.07) is 8.42. The topological polar surface area (TPSA) is 102 Å². The van der Waals surface area contributed by atoms with Gasteiger partial charge in [-0.1, -0.05) is 0 Å². The summed E-state index contributed by atoms with van der Waals surface area (Å²) < 4.78 is 24.4. The number of amides is 1. The second-order valence-corrected chi connectivity index (χ2v) is 6.48. The van der Waals surface area contributed by atoms with Gasteiger partial charge in [0.25, 0.3) is 5.91 Å². The molecule has 4 heterocycles. The summed E-state index contributed by atoms with van der Waals surface area (Å²) in [4.78, 5) is 23.8. The quantitative estimate of drug-likeness (QED) is 0.516. The van der Waals surface area contributed by atoms with Gasteiger partial charge in [-0.3, -0.25) is 4.79 Å². The van der Waals surface area contributed by atoms with Gasteiger partial charge >= 0.3 is 6.08 Å². The van der Waals surface area contributed by atoms with E-state index in [1.54, 1.807) is 18.2 Å². The van der Waals surface area contributed by atoms with Gasteiger partial charge in [-0.05, 0) is 25.1 Å². The molecular weight excluding hydrogens is 365 g/mol. The van der Waals surface area contributed by atoms with Gasteiger partial charge in [-0.25, -0.2) is 9.97 Å². The molecule has 4 aromatic rings. The van der Waals surface area contributed by atoms with Crippen LogP contribution in [0.4, 0.5) is 10.1 Å². The standard InChI is InChI=1S/C19H14FN5O3/c1-9-8-22-16-15-10-2-5-13(28-14-6-7-21-19(20)25-14)24-11(10)3-4-12(15)27-17(16)18(26)23-9/h2-7,9,22H,8H2,1H3,(H,23,26)/t9-/m1/s1. The molecule has 9 heteroatoms. The fraction of sp³-hybridized carbons (Fsp3) is 0.158. The predicted octanol–water partition coefficient (Wildman–Crippen LogP) is 3.25. The van der Waals surface area contributed by atoms with Crippen LogP contribution in [0.15, 0.2) is 40.9 Å². The van der Waals surface area contributed by atoms with Crippen LogP contribution < -0.4 is 15.4 Å². The zero-order valence-electron chi connectivity index (χ0n) is 14.7. The molecule has 5 rings (SSSR count). The number of aromatic nitrogens is 3. The third-order valence-electron chi connectivity index (χ3n) is 4.48. The molecular formula is C19H14FN5O3. The Morgan fingerprint density at radius 1 is 1.18 bits per heavy atom. The van der Waals surface area contributed by atoms with Gasteiger partial charge in [-0.2, -0.15) is 9.37 Å². The first-order chi connectivity index (χ1) is 13.6. The van der Waals surface area contributed by atoms with Crippen LogP contribution in [0.2, 0.25) is 0 Å². The Bertz CT molecular complexity index is 1240. The molecule has 2 N–H and O–H groups in total. The Morgan fingerprint density at radius 2 is 2.04 bits per heavy atom. The van der Waals surface area contributed by atoms with Crippen LogP contribution >= 0.6 is 0 Å². The minimum atomic E-state index is -0.875. The predicted molar refractivity (Wildman–Crippen MR) is 99.0 cm³/mol. The number of benzene rings is 1. The van der Waals surface area contributed by atoms with Crippen LogP contribution in [0.1, 0.15) is 17.5 Å². The summed E-state index contributed by atoms with van der Waals surface area (Å²) in [5, 5.41) is 7.75. The van der Waals surface area contributed by atoms with E-state index in [4.69, 9.17) is 9.15 Å². The van der Waals surface area contributed by atoms with Gasteiger partial charge in [-0.15, -0.1) is 0 Å². The number of nitrogens with zero attached hydrogens (tertiary/aromatic N) is 3. The van der Waals surface area contributed by atoms with E-state index in [-0.39, 0.29) is 29.5 Å². The van der Waals surface area contributed by atoms with Gasteiger partial charge in [0.1, 0.15) is 5.58 Å². The number of furan rings is 1. The van der Waals surface area contributed by atoms with E-state index in [1.165, 1.54) is 12.3 Å². The number of rotatable bonds is 2. The van der Waals surface area contributed by atoms with E-state index < -0.39 is 6.08 Å². The van der Waals surface area contributed by atoms with Crippen molar-refractivity contribution in [3.63, 3.8) is 0 Å². The van der Waals surface area contributed by atoms with Crippen molar-refractivity contribution in [3.05, 3.63) is 48.4 Å². The van der Waals surface area contributed by atoms with Crippen molar-refractivity contribution in [2.24, 2.45) is 0 Å². The fourth-order valence-electron chi connectivity index (χ4n) is 3.25. The average molecular weight is 379 g/mol. The van der Waals surface area contributed by atoms with E-state index in [2.05, 4.69) is 25.6 Å². The highest BCUT2D eigenvalue weighted by Gasteiger charge is 2.26. The molecule has 0 radical (unpaired) electrons. The molecule has 1 aliphatic heterocycles. The second kappa shape index (κ2) is 6.15. The zero-order chi connectivity index (χ0) is 19.3. The molecule has 3 aromatic heterocycles. The van der Waals surface area contributed by atoms with Crippen molar-refractivity contribution in [2.45, 2.75) is 13.0 Å². The maximum Gasteiger partial charge on any atom is 0.311 e. The van der Waals surface area contributed by atoms with Crippen LogP contribution in [0.5, 0.6) is 11.8 Å². The first-order valence-electron chi connectivity index (χ1n) is 8.66. The maximum atomic E-state index is 13.1. The lowest BCUT2D eigenvalue weighted by Crippen LogP contribution is -2.34. The maximum absolute atomic E-state index is 13.1. The largest absolute Gasteiger partial charge is 0.449 e. The van der Waals surface area contributed by atoms with E-state index in [0.717, 1.165) is 10.8 Å². The molecule has 1 aliphatic rings. The van der Waals surface area contributed by atoms with Gasteiger partial charge in [0.15, 0.2) is 0 Å². The van der Waals surface area contributed by atoms with E-state index in [0.29, 0.717) is 23.3 Å². The molecule has 0 spiro atoms. The number of fused-ring (bicyclic) bond motifs is 5. The first-order valence-corrected chi connectivity index (χ1v) is 8.66. The van der Waals surface area contributed by atoms with Crippen molar-refractivity contribution in [1.29, 1.82) is 0 Å². The molecule has 28 heavy (non-hydrogen) atoms. The number of carbonyl (C=O) groups excluding carboxylic acids is 1. The number of carbonyl (C=O) groups is 1. The lowest BCUT2D eigenvalue weighted by Gasteiger charge is -2.09. The second-order valence-electron chi connectivity index (χ2n) is 6.48. The Hall–Kier alpha value is -3.75. The SMILES string of the molecule is C[C@@H]1CNc2c(oc3ccc4nc(Oc5ccnc(F)n5)ccc4c23)C(=O)N1. The number of halogens is 1. The fourth-order valence-corrected chi connectivity index (χ4v) is 3.25. The molecule has 0 fully saturated rings. The van der Waals surface area contributed by atoms with E-state index in [9.17, 15) is 9.18 Å². The summed E-state index contributed by atoms with van der Waals surface area (Å²) in [6.45, 7) is 2.50. The van der Waals surface area contributed by atoms with Crippen LogP contribution in [-0.4, -0.2) is 33.4 Å². The molecule has 8 nitrogen and oxygen atoms in total. The summed E-state index contributed by atoms with van der Waals surface area (Å²) in [5.41, 5.74) is 1.88. The Morgan fingerprint density at radius 3 is 2.89 bits per heavy atom.